The van der Waals surface area contributed by atoms with Crippen LogP contribution < -0.4 is 4.74 Å². The zero-order valence-electron chi connectivity index (χ0n) is 8.54. The summed E-state index contributed by atoms with van der Waals surface area (Å²) in [6.45, 7) is 3.16. The monoisotopic (exact) mass is 236 g/mol. The zero-order valence-corrected chi connectivity index (χ0v) is 8.54. The minimum absolute atomic E-state index is 0.208. The van der Waals surface area contributed by atoms with Crippen LogP contribution in [0.3, 0.4) is 0 Å². The highest BCUT2D eigenvalue weighted by molar-refractivity contribution is 5.97. The molecule has 6 nitrogen and oxygen atoms in total. The number of ether oxygens (including phenoxy) is 1. The van der Waals surface area contributed by atoms with Crippen molar-refractivity contribution in [2.45, 2.75) is 0 Å². The van der Waals surface area contributed by atoms with Gasteiger partial charge in [-0.1, -0.05) is 6.58 Å². The summed E-state index contributed by atoms with van der Waals surface area (Å²) in [6.07, 6.45) is 0.872. The van der Waals surface area contributed by atoms with Crippen molar-refractivity contribution in [3.63, 3.8) is 0 Å². The Hall–Kier alpha value is -2.63. The fourth-order valence-electron chi connectivity index (χ4n) is 1.07. The Balaban J connectivity index is 3.22. The topological polar surface area (TPSA) is 101 Å². The quantitative estimate of drug-likeness (QED) is 0.462. The molecule has 6 heteroatoms. The van der Waals surface area contributed by atoms with Crippen LogP contribution in [0.15, 0.2) is 30.9 Å². The molecular weight excluding hydrogens is 228 g/mol. The summed E-state index contributed by atoms with van der Waals surface area (Å²) in [5.41, 5.74) is -0.610. The Labute approximate surface area is 95.8 Å². The maximum Gasteiger partial charge on any atom is 0.339 e. The zero-order chi connectivity index (χ0) is 13.0. The first-order valence-corrected chi connectivity index (χ1v) is 4.40. The van der Waals surface area contributed by atoms with Crippen molar-refractivity contribution in [3.8, 4) is 5.75 Å². The molecule has 0 atom stereocenters. The first kappa shape index (κ1) is 12.4. The highest BCUT2D eigenvalue weighted by atomic mass is 16.5. The van der Waals surface area contributed by atoms with E-state index in [1.54, 1.807) is 0 Å². The minimum Gasteiger partial charge on any atom is -0.478 e. The molecule has 0 radical (unpaired) electrons. The van der Waals surface area contributed by atoms with Gasteiger partial charge in [-0.3, -0.25) is 0 Å². The van der Waals surface area contributed by atoms with Crippen LogP contribution >= 0.6 is 0 Å². The van der Waals surface area contributed by atoms with E-state index < -0.39 is 23.5 Å². The number of benzene rings is 1. The molecule has 1 rings (SSSR count). The first-order chi connectivity index (χ1) is 7.95. The van der Waals surface area contributed by atoms with Crippen LogP contribution in [0.5, 0.6) is 5.75 Å². The number of carboxylic acid groups (broad SMARTS) is 2. The largest absolute Gasteiger partial charge is 0.478 e. The van der Waals surface area contributed by atoms with Crippen molar-refractivity contribution in [1.82, 2.24) is 0 Å². The third kappa shape index (κ3) is 2.91. The molecule has 0 fully saturated rings. The van der Waals surface area contributed by atoms with Gasteiger partial charge in [0.05, 0.1) is 5.56 Å². The predicted octanol–water partition coefficient (Wildman–Crippen LogP) is 1.17. The van der Waals surface area contributed by atoms with Gasteiger partial charge in [-0.2, -0.15) is 0 Å². The Morgan fingerprint density at radius 3 is 2.29 bits per heavy atom. The van der Waals surface area contributed by atoms with E-state index in [9.17, 15) is 14.4 Å². The van der Waals surface area contributed by atoms with Crippen LogP contribution in [0.1, 0.15) is 20.7 Å². The number of carboxylic acids is 2. The summed E-state index contributed by atoms with van der Waals surface area (Å²) in [5, 5.41) is 17.5. The molecule has 0 aliphatic heterocycles. The van der Waals surface area contributed by atoms with Crippen molar-refractivity contribution in [3.05, 3.63) is 42.0 Å². The van der Waals surface area contributed by atoms with E-state index in [1.165, 1.54) is 0 Å². The molecule has 1 aromatic rings. The Bertz CT molecular complexity index is 503. The van der Waals surface area contributed by atoms with Crippen molar-refractivity contribution in [2.24, 2.45) is 0 Å². The molecule has 0 saturated carbocycles. The van der Waals surface area contributed by atoms with Crippen LogP contribution in [-0.4, -0.2) is 28.1 Å². The fraction of sp³-hybridized carbons (Fsp3) is 0. The molecular formula is C11H8O6. The number of hydrogen-bond acceptors (Lipinski definition) is 4. The standard InChI is InChI=1S/C11H8O6/c1-2-9(12)17-8-4-3-6(10(13)14)5-7(8)11(15)16/h2-5H,1H2,(H,13,14)(H,15,16). The summed E-state index contributed by atoms with van der Waals surface area (Å²) in [7, 11) is 0. The third-order valence-electron chi connectivity index (χ3n) is 1.83. The number of carbonyl (C=O) groups excluding carboxylic acids is 1. The van der Waals surface area contributed by atoms with Gasteiger partial charge in [0.25, 0.3) is 0 Å². The maximum absolute atomic E-state index is 10.9. The fourth-order valence-corrected chi connectivity index (χ4v) is 1.07. The van der Waals surface area contributed by atoms with Gasteiger partial charge in [-0.15, -0.1) is 0 Å². The summed E-state index contributed by atoms with van der Waals surface area (Å²) >= 11 is 0. The number of carbonyl (C=O) groups is 3. The van der Waals surface area contributed by atoms with Crippen molar-refractivity contribution in [1.29, 1.82) is 0 Å². The molecule has 0 aliphatic carbocycles. The SMILES string of the molecule is C=CC(=O)Oc1ccc(C(=O)O)cc1C(=O)O. The minimum atomic E-state index is -1.39. The summed E-state index contributed by atoms with van der Waals surface area (Å²) in [4.78, 5) is 32.4. The van der Waals surface area contributed by atoms with E-state index >= 15 is 0 Å². The molecule has 0 heterocycles. The van der Waals surface area contributed by atoms with Crippen molar-refractivity contribution < 1.29 is 29.3 Å². The lowest BCUT2D eigenvalue weighted by Gasteiger charge is -2.06. The number of esters is 1. The van der Waals surface area contributed by atoms with E-state index in [1.807, 2.05) is 0 Å². The lowest BCUT2D eigenvalue weighted by atomic mass is 10.1. The van der Waals surface area contributed by atoms with Gasteiger partial charge in [0.15, 0.2) is 0 Å². The van der Waals surface area contributed by atoms with Gasteiger partial charge in [0, 0.05) is 6.08 Å². The second kappa shape index (κ2) is 4.93. The van der Waals surface area contributed by atoms with Gasteiger partial charge >= 0.3 is 17.9 Å². The molecule has 0 bridgehead atoms. The summed E-state index contributed by atoms with van der Waals surface area (Å²) < 4.78 is 4.66. The third-order valence-corrected chi connectivity index (χ3v) is 1.83. The van der Waals surface area contributed by atoms with Gasteiger partial charge in [-0.25, -0.2) is 14.4 Å². The van der Waals surface area contributed by atoms with Gasteiger partial charge < -0.3 is 14.9 Å². The second-order valence-electron chi connectivity index (χ2n) is 2.95. The normalized spacial score (nSPS) is 9.41. The molecule has 0 unspecified atom stereocenters. The van der Waals surface area contributed by atoms with E-state index in [0.717, 1.165) is 24.3 Å². The Morgan fingerprint density at radius 2 is 1.82 bits per heavy atom. The lowest BCUT2D eigenvalue weighted by molar-refractivity contribution is -0.128. The van der Waals surface area contributed by atoms with Crippen LogP contribution in [0.2, 0.25) is 0 Å². The van der Waals surface area contributed by atoms with E-state index in [-0.39, 0.29) is 11.3 Å². The molecule has 88 valence electrons. The molecule has 17 heavy (non-hydrogen) atoms. The highest BCUT2D eigenvalue weighted by Gasteiger charge is 2.16. The van der Waals surface area contributed by atoms with Crippen LogP contribution in [0, 0.1) is 0 Å². The average molecular weight is 236 g/mol. The number of aromatic carboxylic acids is 2. The first-order valence-electron chi connectivity index (χ1n) is 4.40. The second-order valence-corrected chi connectivity index (χ2v) is 2.95. The summed E-state index contributed by atoms with van der Waals surface area (Å²) in [5.74, 6) is -3.71. The smallest absolute Gasteiger partial charge is 0.339 e. The van der Waals surface area contributed by atoms with E-state index in [0.29, 0.717) is 0 Å². The average Bonchev–Trinajstić information content (AvgIpc) is 2.28. The van der Waals surface area contributed by atoms with E-state index in [2.05, 4.69) is 11.3 Å². The molecule has 0 aromatic heterocycles. The van der Waals surface area contributed by atoms with Crippen LogP contribution in [0.4, 0.5) is 0 Å². The van der Waals surface area contributed by atoms with E-state index in [4.69, 9.17) is 10.2 Å². The predicted molar refractivity (Wildman–Crippen MR) is 56.2 cm³/mol. The highest BCUT2D eigenvalue weighted by Crippen LogP contribution is 2.20. The van der Waals surface area contributed by atoms with Crippen molar-refractivity contribution >= 4 is 17.9 Å². The molecule has 0 aliphatic rings. The maximum atomic E-state index is 10.9. The van der Waals surface area contributed by atoms with Gasteiger partial charge in [0.1, 0.15) is 11.3 Å². The number of hydrogen-bond donors (Lipinski definition) is 2. The molecule has 0 amide bonds. The molecule has 2 N–H and O–H groups in total. The molecule has 0 saturated heterocycles. The molecule has 0 spiro atoms. The van der Waals surface area contributed by atoms with Crippen LogP contribution in [0.25, 0.3) is 0 Å². The van der Waals surface area contributed by atoms with Gasteiger partial charge in [-0.05, 0) is 18.2 Å². The summed E-state index contributed by atoms with van der Waals surface area (Å²) in [6, 6.07) is 3.16. The Kier molecular flexibility index (Phi) is 3.61. The Morgan fingerprint density at radius 1 is 1.18 bits per heavy atom. The lowest BCUT2D eigenvalue weighted by Crippen LogP contribution is -2.09. The number of rotatable bonds is 4. The van der Waals surface area contributed by atoms with Crippen LogP contribution in [-0.2, 0) is 4.79 Å². The van der Waals surface area contributed by atoms with Crippen molar-refractivity contribution in [2.75, 3.05) is 0 Å². The molecule has 1 aromatic carbocycles. The van der Waals surface area contributed by atoms with Gasteiger partial charge in [0.2, 0.25) is 0 Å².